The van der Waals surface area contributed by atoms with Crippen molar-refractivity contribution in [2.24, 2.45) is 0 Å². The predicted octanol–water partition coefficient (Wildman–Crippen LogP) is 11.7. The minimum atomic E-state index is -0.530. The third kappa shape index (κ3) is 4.18. The fourth-order valence-electron chi connectivity index (χ4n) is 9.40. The zero-order valence-corrected chi connectivity index (χ0v) is 29.5. The number of anilines is 3. The number of pyridine rings is 1. The third-order valence-electron chi connectivity index (χ3n) is 11.5. The van der Waals surface area contributed by atoms with Crippen LogP contribution < -0.4 is 4.90 Å². The van der Waals surface area contributed by atoms with Crippen molar-refractivity contribution < 1.29 is 0 Å². The van der Waals surface area contributed by atoms with Crippen LogP contribution in [0.4, 0.5) is 17.1 Å². The SMILES string of the molecule is N#Cc1ccc(-c2cc(N3c4ccccc4C4(c5ccccc5-c5ccccc54)c4ccccc43)cc(-n3c4ccccc4c4cnccc43)c2)c(C#N)c1. The van der Waals surface area contributed by atoms with Crippen LogP contribution in [0.15, 0.2) is 176 Å². The molecule has 7 aromatic carbocycles. The number of nitrogens with zero attached hydrogens (tertiary/aromatic N) is 5. The molecule has 0 saturated carbocycles. The Kier molecular flexibility index (Phi) is 6.53. The molecule has 5 heteroatoms. The number of rotatable bonds is 3. The van der Waals surface area contributed by atoms with Gasteiger partial charge < -0.3 is 9.47 Å². The van der Waals surface area contributed by atoms with Crippen molar-refractivity contribution in [2.45, 2.75) is 5.41 Å². The van der Waals surface area contributed by atoms with Gasteiger partial charge >= 0.3 is 0 Å². The van der Waals surface area contributed by atoms with Crippen molar-refractivity contribution in [2.75, 3.05) is 4.90 Å². The maximum absolute atomic E-state index is 10.4. The molecule has 2 aliphatic rings. The van der Waals surface area contributed by atoms with E-state index in [4.69, 9.17) is 0 Å². The molecule has 254 valence electrons. The average molecular weight is 700 g/mol. The van der Waals surface area contributed by atoms with E-state index in [1.807, 2.05) is 18.5 Å². The van der Waals surface area contributed by atoms with Gasteiger partial charge in [0, 0.05) is 34.5 Å². The maximum atomic E-state index is 10.4. The van der Waals surface area contributed by atoms with Crippen LogP contribution >= 0.6 is 0 Å². The van der Waals surface area contributed by atoms with E-state index in [2.05, 4.69) is 172 Å². The van der Waals surface area contributed by atoms with Gasteiger partial charge in [-0.25, -0.2) is 0 Å². The lowest BCUT2D eigenvalue weighted by molar-refractivity contribution is 0.752. The molecule has 1 aliphatic heterocycles. The van der Waals surface area contributed by atoms with E-state index in [-0.39, 0.29) is 0 Å². The van der Waals surface area contributed by atoms with Gasteiger partial charge in [0.2, 0.25) is 0 Å². The molecule has 0 unspecified atom stereocenters. The zero-order valence-electron chi connectivity index (χ0n) is 29.5. The monoisotopic (exact) mass is 699 g/mol. The molecule has 0 atom stereocenters. The molecule has 5 nitrogen and oxygen atoms in total. The summed E-state index contributed by atoms with van der Waals surface area (Å²) < 4.78 is 2.29. The Bertz CT molecular complexity index is 3010. The first-order valence-corrected chi connectivity index (χ1v) is 18.3. The third-order valence-corrected chi connectivity index (χ3v) is 11.5. The van der Waals surface area contributed by atoms with Gasteiger partial charge in [-0.2, -0.15) is 10.5 Å². The Balaban J connectivity index is 1.24. The van der Waals surface area contributed by atoms with Crippen LogP contribution in [0, 0.1) is 22.7 Å². The van der Waals surface area contributed by atoms with E-state index >= 15 is 0 Å². The summed E-state index contributed by atoms with van der Waals surface area (Å²) in [5, 5.41) is 22.3. The van der Waals surface area contributed by atoms with Crippen LogP contribution in [-0.2, 0) is 5.41 Å². The van der Waals surface area contributed by atoms with Crippen LogP contribution in [0.25, 0.3) is 49.7 Å². The van der Waals surface area contributed by atoms with Crippen LogP contribution in [0.2, 0.25) is 0 Å². The Morgan fingerprint density at radius 1 is 0.491 bits per heavy atom. The van der Waals surface area contributed by atoms with Crippen molar-refractivity contribution in [1.82, 2.24) is 9.55 Å². The topological polar surface area (TPSA) is 68.6 Å². The van der Waals surface area contributed by atoms with Crippen molar-refractivity contribution >= 4 is 38.9 Å². The molecule has 3 heterocycles. The van der Waals surface area contributed by atoms with Gasteiger partial charge in [-0.15, -0.1) is 0 Å². The molecule has 0 fully saturated rings. The first kappa shape index (κ1) is 30.9. The van der Waals surface area contributed by atoms with Crippen LogP contribution in [0.3, 0.4) is 0 Å². The summed E-state index contributed by atoms with van der Waals surface area (Å²) in [5.41, 5.74) is 15.7. The number of hydrogen-bond donors (Lipinski definition) is 0. The molecule has 0 radical (unpaired) electrons. The minimum absolute atomic E-state index is 0.450. The summed E-state index contributed by atoms with van der Waals surface area (Å²) in [6, 6.07) is 62.3. The lowest BCUT2D eigenvalue weighted by Crippen LogP contribution is -2.36. The smallest absolute Gasteiger partial charge is 0.0998 e. The summed E-state index contributed by atoms with van der Waals surface area (Å²) in [7, 11) is 0. The van der Waals surface area contributed by atoms with Gasteiger partial charge in [-0.05, 0) is 99.1 Å². The molecule has 55 heavy (non-hydrogen) atoms. The molecule has 0 N–H and O–H groups in total. The first-order chi connectivity index (χ1) is 27.2. The number of hydrogen-bond acceptors (Lipinski definition) is 4. The van der Waals surface area contributed by atoms with Crippen molar-refractivity contribution in [1.29, 1.82) is 10.5 Å². The molecular formula is C50H29N5. The van der Waals surface area contributed by atoms with Gasteiger partial charge in [0.25, 0.3) is 0 Å². The van der Waals surface area contributed by atoms with Gasteiger partial charge in [0.1, 0.15) is 0 Å². The van der Waals surface area contributed by atoms with Gasteiger partial charge in [-0.1, -0.05) is 109 Å². The highest BCUT2D eigenvalue weighted by molar-refractivity contribution is 6.09. The molecule has 0 bridgehead atoms. The van der Waals surface area contributed by atoms with Crippen molar-refractivity contribution in [3.8, 4) is 40.1 Å². The van der Waals surface area contributed by atoms with E-state index < -0.39 is 5.41 Å². The molecule has 11 rings (SSSR count). The van der Waals surface area contributed by atoms with Crippen molar-refractivity contribution in [3.63, 3.8) is 0 Å². The van der Waals surface area contributed by atoms with Gasteiger partial charge in [0.15, 0.2) is 0 Å². The average Bonchev–Trinajstić information content (AvgIpc) is 3.75. The van der Waals surface area contributed by atoms with E-state index in [1.165, 1.54) is 33.4 Å². The summed E-state index contributed by atoms with van der Waals surface area (Å²) in [4.78, 5) is 6.88. The number of aromatic nitrogens is 2. The molecule has 1 spiro atoms. The number of benzene rings is 7. The quantitative estimate of drug-likeness (QED) is 0.184. The molecular weight excluding hydrogens is 671 g/mol. The van der Waals surface area contributed by atoms with E-state index in [9.17, 15) is 10.5 Å². The summed E-state index contributed by atoms with van der Waals surface area (Å²) in [6.45, 7) is 0. The van der Waals surface area contributed by atoms with E-state index in [0.717, 1.165) is 55.7 Å². The highest BCUT2D eigenvalue weighted by Gasteiger charge is 2.51. The molecule has 0 saturated heterocycles. The second kappa shape index (κ2) is 11.6. The highest BCUT2D eigenvalue weighted by atomic mass is 15.2. The summed E-state index contributed by atoms with van der Waals surface area (Å²) >= 11 is 0. The predicted molar refractivity (Wildman–Crippen MR) is 219 cm³/mol. The molecule has 0 amide bonds. The summed E-state index contributed by atoms with van der Waals surface area (Å²) in [6.07, 6.45) is 3.77. The first-order valence-electron chi connectivity index (χ1n) is 18.3. The molecule has 1 aliphatic carbocycles. The van der Waals surface area contributed by atoms with E-state index in [0.29, 0.717) is 11.1 Å². The standard InChI is InChI=1S/C50H29N5/c51-29-32-21-22-37(34(25-32)30-52)33-26-35(54-46-18-8-3-13-40(46)41-31-53-24-23-47(41)54)28-36(27-33)55-48-19-9-6-16-44(48)50(45-17-7-10-20-49(45)55)42-14-4-1-11-38(42)39-12-2-5-15-43(39)50/h1-28,31H. The normalized spacial score (nSPS) is 13.2. The largest absolute Gasteiger partial charge is 0.310 e. The Labute approximate surface area is 317 Å². The lowest BCUT2D eigenvalue weighted by atomic mass is 9.64. The summed E-state index contributed by atoms with van der Waals surface area (Å²) in [5.74, 6) is 0. The number of nitriles is 2. The lowest BCUT2D eigenvalue weighted by Gasteiger charge is -2.45. The second-order valence-corrected chi connectivity index (χ2v) is 14.2. The van der Waals surface area contributed by atoms with Crippen molar-refractivity contribution in [3.05, 3.63) is 210 Å². The minimum Gasteiger partial charge on any atom is -0.310 e. The molecule has 9 aromatic rings. The molecule has 2 aromatic heterocycles. The number of fused-ring (bicyclic) bond motifs is 12. The maximum Gasteiger partial charge on any atom is 0.0998 e. The second-order valence-electron chi connectivity index (χ2n) is 14.2. The van der Waals surface area contributed by atoms with Crippen LogP contribution in [0.1, 0.15) is 33.4 Å². The fourth-order valence-corrected chi connectivity index (χ4v) is 9.40. The Morgan fingerprint density at radius 2 is 1.09 bits per heavy atom. The van der Waals surface area contributed by atoms with Gasteiger partial charge in [0.05, 0.1) is 51.1 Å². The van der Waals surface area contributed by atoms with Crippen LogP contribution in [0.5, 0.6) is 0 Å². The van der Waals surface area contributed by atoms with Gasteiger partial charge in [-0.3, -0.25) is 4.98 Å². The van der Waals surface area contributed by atoms with E-state index in [1.54, 1.807) is 12.1 Å². The number of para-hydroxylation sites is 3. The van der Waals surface area contributed by atoms with Crippen LogP contribution in [-0.4, -0.2) is 9.55 Å². The highest BCUT2D eigenvalue weighted by Crippen LogP contribution is 2.63. The fraction of sp³-hybridized carbons (Fsp3) is 0.0200. The zero-order chi connectivity index (χ0) is 36.7. The Morgan fingerprint density at radius 3 is 1.78 bits per heavy atom. The Hall–Kier alpha value is -7.73.